The predicted molar refractivity (Wildman–Crippen MR) is 105 cm³/mol. The molecule has 1 N–H and O–H groups in total. The fourth-order valence-corrected chi connectivity index (χ4v) is 3.04. The minimum atomic E-state index is -0.191. The predicted octanol–water partition coefficient (Wildman–Crippen LogP) is 3.10. The van der Waals surface area contributed by atoms with Crippen LogP contribution in [-0.4, -0.2) is 30.5 Å². The summed E-state index contributed by atoms with van der Waals surface area (Å²) < 4.78 is 3.37. The highest BCUT2D eigenvalue weighted by molar-refractivity contribution is 6.30. The van der Waals surface area contributed by atoms with Gasteiger partial charge in [-0.3, -0.25) is 4.79 Å². The van der Waals surface area contributed by atoms with Gasteiger partial charge in [0.05, 0.1) is 24.0 Å². The summed E-state index contributed by atoms with van der Waals surface area (Å²) in [7, 11) is 0. The molecule has 0 unspecified atom stereocenters. The van der Waals surface area contributed by atoms with Crippen LogP contribution in [0.25, 0.3) is 5.69 Å². The van der Waals surface area contributed by atoms with E-state index in [0.29, 0.717) is 23.7 Å². The second-order valence-electron chi connectivity index (χ2n) is 6.20. The number of amides is 1. The van der Waals surface area contributed by atoms with Crippen molar-refractivity contribution in [1.82, 2.24) is 29.9 Å². The molecule has 0 fully saturated rings. The van der Waals surface area contributed by atoms with Crippen molar-refractivity contribution in [1.29, 1.82) is 0 Å². The first-order valence-corrected chi connectivity index (χ1v) is 9.05. The average Bonchev–Trinajstić information content (AvgIpc) is 3.39. The fraction of sp³-hybridized carbons (Fsp3) is 0.100. The molecule has 7 nitrogen and oxygen atoms in total. The molecule has 28 heavy (non-hydrogen) atoms. The first kappa shape index (κ1) is 17.9. The van der Waals surface area contributed by atoms with Gasteiger partial charge in [0, 0.05) is 17.8 Å². The molecule has 2 aromatic carbocycles. The molecular weight excluding hydrogens is 376 g/mol. The van der Waals surface area contributed by atoms with Gasteiger partial charge in [0.2, 0.25) is 0 Å². The highest BCUT2D eigenvalue weighted by Gasteiger charge is 2.11. The summed E-state index contributed by atoms with van der Waals surface area (Å²) in [5, 5.41) is 11.9. The van der Waals surface area contributed by atoms with Crippen LogP contribution in [0.5, 0.6) is 0 Å². The van der Waals surface area contributed by atoms with Crippen molar-refractivity contribution < 1.29 is 4.79 Å². The van der Waals surface area contributed by atoms with Gasteiger partial charge in [-0.15, -0.1) is 0 Å². The molecule has 0 bridgehead atoms. The maximum atomic E-state index is 12.5. The lowest BCUT2D eigenvalue weighted by Gasteiger charge is -2.10. The zero-order chi connectivity index (χ0) is 19.3. The Balaban J connectivity index is 1.44. The zero-order valence-electron chi connectivity index (χ0n) is 14.9. The molecule has 0 aliphatic carbocycles. The van der Waals surface area contributed by atoms with Crippen molar-refractivity contribution in [2.45, 2.75) is 13.1 Å². The first-order chi connectivity index (χ1) is 13.7. The fourth-order valence-electron chi connectivity index (χ4n) is 2.85. The number of halogens is 1. The quantitative estimate of drug-likeness (QED) is 0.547. The third-order valence-electron chi connectivity index (χ3n) is 4.27. The molecule has 4 rings (SSSR count). The SMILES string of the molecule is O=C(NCc1ccccc1Cn1cncn1)c1cnn(-c2cccc(Cl)c2)c1. The van der Waals surface area contributed by atoms with Crippen molar-refractivity contribution in [2.75, 3.05) is 0 Å². The van der Waals surface area contributed by atoms with E-state index in [4.69, 9.17) is 11.6 Å². The lowest BCUT2D eigenvalue weighted by atomic mass is 10.1. The Morgan fingerprint density at radius 1 is 1.07 bits per heavy atom. The van der Waals surface area contributed by atoms with Crippen molar-refractivity contribution >= 4 is 17.5 Å². The monoisotopic (exact) mass is 392 g/mol. The van der Waals surface area contributed by atoms with Gasteiger partial charge in [0.15, 0.2) is 0 Å². The Morgan fingerprint density at radius 3 is 2.71 bits per heavy atom. The summed E-state index contributed by atoms with van der Waals surface area (Å²) in [6.45, 7) is 1.00. The molecule has 8 heteroatoms. The van der Waals surface area contributed by atoms with Crippen molar-refractivity contribution in [3.63, 3.8) is 0 Å². The van der Waals surface area contributed by atoms with Crippen molar-refractivity contribution in [3.05, 3.63) is 95.3 Å². The van der Waals surface area contributed by atoms with Gasteiger partial charge in [-0.25, -0.2) is 14.3 Å². The lowest BCUT2D eigenvalue weighted by Crippen LogP contribution is -2.23. The van der Waals surface area contributed by atoms with Crippen LogP contribution in [0.3, 0.4) is 0 Å². The maximum absolute atomic E-state index is 12.5. The number of nitrogens with zero attached hydrogens (tertiary/aromatic N) is 5. The summed E-state index contributed by atoms with van der Waals surface area (Å²) >= 11 is 6.02. The second kappa shape index (κ2) is 8.06. The Morgan fingerprint density at radius 2 is 1.93 bits per heavy atom. The van der Waals surface area contributed by atoms with Crippen LogP contribution in [0.15, 0.2) is 73.6 Å². The van der Waals surface area contributed by atoms with Crippen LogP contribution in [0.2, 0.25) is 5.02 Å². The Bertz CT molecular complexity index is 1090. The zero-order valence-corrected chi connectivity index (χ0v) is 15.6. The van der Waals surface area contributed by atoms with E-state index in [1.807, 2.05) is 36.4 Å². The summed E-state index contributed by atoms with van der Waals surface area (Å²) in [5.41, 5.74) is 3.37. The van der Waals surface area contributed by atoms with E-state index in [1.165, 1.54) is 12.5 Å². The smallest absolute Gasteiger partial charge is 0.254 e. The highest BCUT2D eigenvalue weighted by Crippen LogP contribution is 2.15. The molecular formula is C20H17ClN6O. The third-order valence-corrected chi connectivity index (χ3v) is 4.51. The number of benzene rings is 2. The molecule has 2 heterocycles. The summed E-state index contributed by atoms with van der Waals surface area (Å²) in [5.74, 6) is -0.191. The van der Waals surface area contributed by atoms with E-state index in [2.05, 4.69) is 20.5 Å². The molecule has 0 radical (unpaired) electrons. The molecule has 0 spiro atoms. The standard InChI is InChI=1S/C20H17ClN6O/c21-18-6-3-7-19(8-18)27-12-17(10-24-27)20(28)23-9-15-4-1-2-5-16(15)11-26-14-22-13-25-26/h1-8,10,12-14H,9,11H2,(H,23,28). The largest absolute Gasteiger partial charge is 0.348 e. The Hall–Kier alpha value is -3.45. The molecule has 0 aliphatic rings. The van der Waals surface area contributed by atoms with Crippen molar-refractivity contribution in [2.24, 2.45) is 0 Å². The van der Waals surface area contributed by atoms with Gasteiger partial charge in [-0.2, -0.15) is 10.2 Å². The summed E-state index contributed by atoms with van der Waals surface area (Å²) in [6.07, 6.45) is 6.39. The van der Waals surface area contributed by atoms with Crippen LogP contribution < -0.4 is 5.32 Å². The summed E-state index contributed by atoms with van der Waals surface area (Å²) in [6, 6.07) is 15.2. The van der Waals surface area contributed by atoms with Gasteiger partial charge in [-0.1, -0.05) is 41.9 Å². The van der Waals surface area contributed by atoms with Gasteiger partial charge >= 0.3 is 0 Å². The van der Waals surface area contributed by atoms with Crippen LogP contribution in [0.1, 0.15) is 21.5 Å². The van der Waals surface area contributed by atoms with Gasteiger partial charge in [-0.05, 0) is 29.3 Å². The minimum Gasteiger partial charge on any atom is -0.348 e. The van der Waals surface area contributed by atoms with E-state index in [-0.39, 0.29) is 5.91 Å². The normalized spacial score (nSPS) is 10.8. The molecule has 2 aromatic heterocycles. The number of hydrogen-bond acceptors (Lipinski definition) is 4. The van der Waals surface area contributed by atoms with Crippen LogP contribution in [0, 0.1) is 0 Å². The molecule has 1 amide bonds. The van der Waals surface area contributed by atoms with Gasteiger partial charge < -0.3 is 5.32 Å². The maximum Gasteiger partial charge on any atom is 0.254 e. The van der Waals surface area contributed by atoms with Crippen LogP contribution in [0.4, 0.5) is 0 Å². The molecule has 0 saturated carbocycles. The van der Waals surface area contributed by atoms with E-state index in [0.717, 1.165) is 16.8 Å². The summed E-state index contributed by atoms with van der Waals surface area (Å²) in [4.78, 5) is 16.5. The molecule has 0 saturated heterocycles. The number of aromatic nitrogens is 5. The van der Waals surface area contributed by atoms with Gasteiger partial charge in [0.1, 0.15) is 12.7 Å². The number of nitrogens with one attached hydrogen (secondary N) is 1. The Labute approximate surface area is 166 Å². The average molecular weight is 393 g/mol. The van der Waals surface area contributed by atoms with E-state index in [9.17, 15) is 4.79 Å². The highest BCUT2D eigenvalue weighted by atomic mass is 35.5. The molecule has 4 aromatic rings. The number of hydrogen-bond donors (Lipinski definition) is 1. The second-order valence-corrected chi connectivity index (χ2v) is 6.63. The van der Waals surface area contributed by atoms with Crippen LogP contribution >= 0.6 is 11.6 Å². The number of carbonyl (C=O) groups is 1. The topological polar surface area (TPSA) is 77.6 Å². The molecule has 140 valence electrons. The van der Waals surface area contributed by atoms with Crippen molar-refractivity contribution in [3.8, 4) is 5.69 Å². The number of carbonyl (C=O) groups excluding carboxylic acids is 1. The Kier molecular flexibility index (Phi) is 5.16. The van der Waals surface area contributed by atoms with Crippen LogP contribution in [-0.2, 0) is 13.1 Å². The third kappa shape index (κ3) is 4.10. The minimum absolute atomic E-state index is 0.191. The number of rotatable bonds is 6. The van der Waals surface area contributed by atoms with E-state index >= 15 is 0 Å². The molecule has 0 aliphatic heterocycles. The van der Waals surface area contributed by atoms with E-state index < -0.39 is 0 Å². The lowest BCUT2D eigenvalue weighted by molar-refractivity contribution is 0.0951. The molecule has 0 atom stereocenters. The van der Waals surface area contributed by atoms with E-state index in [1.54, 1.807) is 34.0 Å². The first-order valence-electron chi connectivity index (χ1n) is 8.67. The van der Waals surface area contributed by atoms with Gasteiger partial charge in [0.25, 0.3) is 5.91 Å².